The van der Waals surface area contributed by atoms with Crippen LogP contribution in [0.1, 0.15) is 0 Å². The van der Waals surface area contributed by atoms with Crippen molar-refractivity contribution in [2.45, 2.75) is 12.2 Å². The van der Waals surface area contributed by atoms with E-state index in [2.05, 4.69) is 10.2 Å². The molecular formula is C21H18Cl2N2O4. The van der Waals surface area contributed by atoms with Crippen molar-refractivity contribution in [2.24, 2.45) is 0 Å². The molecule has 2 unspecified atom stereocenters. The molecule has 5 rings (SSSR count). The Morgan fingerprint density at radius 3 is 1.97 bits per heavy atom. The van der Waals surface area contributed by atoms with Crippen LogP contribution >= 0.6 is 23.2 Å². The van der Waals surface area contributed by atoms with Crippen LogP contribution in [0.15, 0.2) is 42.5 Å². The predicted octanol–water partition coefficient (Wildman–Crippen LogP) is 4.61. The van der Waals surface area contributed by atoms with E-state index >= 15 is 0 Å². The number of H-pyrrole nitrogens is 1. The number of hydrogen-bond acceptors (Lipinski definition) is 5. The van der Waals surface area contributed by atoms with Crippen molar-refractivity contribution in [2.75, 3.05) is 26.4 Å². The number of benzene rings is 2. The average molecular weight is 433 g/mol. The van der Waals surface area contributed by atoms with E-state index in [1.54, 1.807) is 0 Å². The highest BCUT2D eigenvalue weighted by Crippen LogP contribution is 2.34. The van der Waals surface area contributed by atoms with Crippen LogP contribution < -0.4 is 9.47 Å². The maximum Gasteiger partial charge on any atom is 0.138 e. The third-order valence-corrected chi connectivity index (χ3v) is 5.29. The molecule has 1 aromatic heterocycles. The van der Waals surface area contributed by atoms with Crippen molar-refractivity contribution in [3.8, 4) is 34.0 Å². The third-order valence-electron chi connectivity index (χ3n) is 4.70. The summed E-state index contributed by atoms with van der Waals surface area (Å²) in [6, 6.07) is 13.2. The standard InChI is InChI=1S/C21H18Cl2N2O4/c22-16-5-12(1-3-20(16)28-10-14-8-26-14)18-7-19(25-24-18)13-2-4-21(17(23)6-13)29-11-15-9-27-15/h1-7,14-15H,8-11H2,(H,24,25). The second-order valence-electron chi connectivity index (χ2n) is 6.99. The summed E-state index contributed by atoms with van der Waals surface area (Å²) in [6.45, 7) is 2.53. The Morgan fingerprint density at radius 1 is 0.862 bits per heavy atom. The molecule has 150 valence electrons. The topological polar surface area (TPSA) is 72.2 Å². The van der Waals surface area contributed by atoms with Crippen molar-refractivity contribution in [1.82, 2.24) is 10.2 Å². The van der Waals surface area contributed by atoms with Gasteiger partial charge in [-0.15, -0.1) is 0 Å². The van der Waals surface area contributed by atoms with Crippen molar-refractivity contribution in [3.05, 3.63) is 52.5 Å². The van der Waals surface area contributed by atoms with Gasteiger partial charge in [0, 0.05) is 11.1 Å². The van der Waals surface area contributed by atoms with E-state index in [4.69, 9.17) is 42.1 Å². The average Bonchev–Trinajstić information content (AvgIpc) is 3.65. The minimum atomic E-state index is 0.185. The lowest BCUT2D eigenvalue weighted by Crippen LogP contribution is -2.04. The molecule has 0 spiro atoms. The lowest BCUT2D eigenvalue weighted by Gasteiger charge is -2.08. The van der Waals surface area contributed by atoms with Crippen LogP contribution in [0, 0.1) is 0 Å². The van der Waals surface area contributed by atoms with Crippen LogP contribution in [0.2, 0.25) is 10.0 Å². The fourth-order valence-electron chi connectivity index (χ4n) is 2.87. The van der Waals surface area contributed by atoms with E-state index in [1.165, 1.54) is 0 Å². The molecule has 1 N–H and O–H groups in total. The SMILES string of the molecule is Clc1cc(-c2cc(-c3ccc(OCC4CO4)c(Cl)c3)[nH]n2)ccc1OCC1CO1. The van der Waals surface area contributed by atoms with E-state index in [0.29, 0.717) is 34.8 Å². The molecule has 29 heavy (non-hydrogen) atoms. The molecule has 2 fully saturated rings. The summed E-state index contributed by atoms with van der Waals surface area (Å²) in [5.41, 5.74) is 3.44. The van der Waals surface area contributed by atoms with E-state index < -0.39 is 0 Å². The number of aromatic nitrogens is 2. The molecule has 2 saturated heterocycles. The first-order chi connectivity index (χ1) is 14.2. The zero-order chi connectivity index (χ0) is 19.8. The lowest BCUT2D eigenvalue weighted by molar-refractivity contribution is 0.263. The van der Waals surface area contributed by atoms with Gasteiger partial charge in [0.2, 0.25) is 0 Å². The van der Waals surface area contributed by atoms with Crippen LogP contribution in [0.3, 0.4) is 0 Å². The highest BCUT2D eigenvalue weighted by atomic mass is 35.5. The molecule has 0 saturated carbocycles. The second kappa shape index (κ2) is 7.88. The smallest absolute Gasteiger partial charge is 0.138 e. The summed E-state index contributed by atoms with van der Waals surface area (Å²) in [5.74, 6) is 1.28. The number of rotatable bonds is 8. The largest absolute Gasteiger partial charge is 0.489 e. The van der Waals surface area contributed by atoms with Crippen molar-refractivity contribution in [3.63, 3.8) is 0 Å². The van der Waals surface area contributed by atoms with Gasteiger partial charge in [0.25, 0.3) is 0 Å². The van der Waals surface area contributed by atoms with Gasteiger partial charge < -0.3 is 18.9 Å². The molecule has 0 bridgehead atoms. The summed E-state index contributed by atoms with van der Waals surface area (Å²) in [7, 11) is 0. The van der Waals surface area contributed by atoms with Gasteiger partial charge in [0.15, 0.2) is 0 Å². The number of epoxide rings is 2. The van der Waals surface area contributed by atoms with Crippen LogP contribution in [-0.4, -0.2) is 48.8 Å². The van der Waals surface area contributed by atoms with Gasteiger partial charge in [-0.1, -0.05) is 23.2 Å². The molecule has 0 aliphatic carbocycles. The van der Waals surface area contributed by atoms with Crippen LogP contribution in [0.5, 0.6) is 11.5 Å². The highest BCUT2D eigenvalue weighted by Gasteiger charge is 2.24. The Morgan fingerprint density at radius 2 is 1.41 bits per heavy atom. The first-order valence-electron chi connectivity index (χ1n) is 9.30. The second-order valence-corrected chi connectivity index (χ2v) is 7.80. The molecule has 2 aliphatic rings. The highest BCUT2D eigenvalue weighted by molar-refractivity contribution is 6.32. The lowest BCUT2D eigenvalue weighted by atomic mass is 10.1. The Bertz CT molecular complexity index is 951. The van der Waals surface area contributed by atoms with E-state index in [1.807, 2.05) is 42.5 Å². The van der Waals surface area contributed by atoms with Gasteiger partial charge in [0.1, 0.15) is 36.9 Å². The number of halogens is 2. The monoisotopic (exact) mass is 432 g/mol. The first kappa shape index (κ1) is 18.8. The zero-order valence-corrected chi connectivity index (χ0v) is 16.9. The van der Waals surface area contributed by atoms with Crippen LogP contribution in [0.4, 0.5) is 0 Å². The summed E-state index contributed by atoms with van der Waals surface area (Å²) < 4.78 is 21.6. The number of nitrogens with zero attached hydrogens (tertiary/aromatic N) is 1. The minimum absolute atomic E-state index is 0.185. The fraction of sp³-hybridized carbons (Fsp3) is 0.286. The molecule has 6 nitrogen and oxygen atoms in total. The van der Waals surface area contributed by atoms with Gasteiger partial charge in [0.05, 0.1) is 34.6 Å². The first-order valence-corrected chi connectivity index (χ1v) is 10.1. The Labute approximate surface area is 177 Å². The molecule has 2 atom stereocenters. The minimum Gasteiger partial charge on any atom is -0.489 e. The molecule has 2 aromatic carbocycles. The van der Waals surface area contributed by atoms with Gasteiger partial charge in [-0.05, 0) is 42.5 Å². The van der Waals surface area contributed by atoms with Crippen molar-refractivity contribution < 1.29 is 18.9 Å². The van der Waals surface area contributed by atoms with Gasteiger partial charge in [-0.3, -0.25) is 5.10 Å². The van der Waals surface area contributed by atoms with Gasteiger partial charge in [-0.25, -0.2) is 0 Å². The molecule has 3 heterocycles. The number of nitrogens with one attached hydrogen (secondary N) is 1. The summed E-state index contributed by atoms with van der Waals surface area (Å²) in [6.07, 6.45) is 0.372. The Balaban J connectivity index is 1.30. The quantitative estimate of drug-likeness (QED) is 0.526. The number of hydrogen-bond donors (Lipinski definition) is 1. The van der Waals surface area contributed by atoms with E-state index in [9.17, 15) is 0 Å². The normalized spacial score (nSPS) is 19.8. The number of aromatic amines is 1. The molecule has 3 aromatic rings. The maximum atomic E-state index is 6.36. The number of ether oxygens (including phenoxy) is 4. The molecule has 8 heteroatoms. The summed E-state index contributed by atoms with van der Waals surface area (Å²) in [4.78, 5) is 0. The summed E-state index contributed by atoms with van der Waals surface area (Å²) >= 11 is 12.7. The van der Waals surface area contributed by atoms with E-state index in [-0.39, 0.29) is 12.2 Å². The van der Waals surface area contributed by atoms with Crippen molar-refractivity contribution >= 4 is 23.2 Å². The maximum absolute atomic E-state index is 6.36. The Kier molecular flexibility index (Phi) is 5.09. The molecule has 2 aliphatic heterocycles. The molecular weight excluding hydrogens is 415 g/mol. The fourth-order valence-corrected chi connectivity index (χ4v) is 3.34. The molecule has 0 amide bonds. The predicted molar refractivity (Wildman–Crippen MR) is 110 cm³/mol. The third kappa shape index (κ3) is 4.51. The van der Waals surface area contributed by atoms with Crippen LogP contribution in [0.25, 0.3) is 22.5 Å². The Hall–Kier alpha value is -2.25. The zero-order valence-electron chi connectivity index (χ0n) is 15.4. The summed E-state index contributed by atoms with van der Waals surface area (Å²) in [5, 5.41) is 8.54. The van der Waals surface area contributed by atoms with Crippen molar-refractivity contribution in [1.29, 1.82) is 0 Å². The van der Waals surface area contributed by atoms with E-state index in [0.717, 1.165) is 35.7 Å². The van der Waals surface area contributed by atoms with Crippen LogP contribution in [-0.2, 0) is 9.47 Å². The van der Waals surface area contributed by atoms with Gasteiger partial charge in [-0.2, -0.15) is 5.10 Å². The van der Waals surface area contributed by atoms with Gasteiger partial charge >= 0.3 is 0 Å². The molecule has 0 radical (unpaired) electrons.